The van der Waals surface area contributed by atoms with E-state index in [9.17, 15) is 0 Å². The summed E-state index contributed by atoms with van der Waals surface area (Å²) in [5.74, 6) is 0.789. The number of anilines is 1. The van der Waals surface area contributed by atoms with Gasteiger partial charge in [-0.15, -0.1) is 24.0 Å². The third-order valence-electron chi connectivity index (χ3n) is 2.51. The van der Waals surface area contributed by atoms with E-state index in [0.717, 1.165) is 24.7 Å². The highest BCUT2D eigenvalue weighted by Gasteiger charge is 1.96. The molecule has 1 rings (SSSR count). The highest BCUT2D eigenvalue weighted by Crippen LogP contribution is 2.08. The molecule has 0 radical (unpaired) electrons. The van der Waals surface area contributed by atoms with E-state index in [4.69, 9.17) is 4.74 Å². The zero-order valence-corrected chi connectivity index (χ0v) is 14.0. The number of methoxy groups -OCH3 is 1. The number of aliphatic imine (C=N–C) groups is 1. The Morgan fingerprint density at radius 2 is 1.95 bits per heavy atom. The molecule has 1 aromatic carbocycles. The summed E-state index contributed by atoms with van der Waals surface area (Å²) in [7, 11) is 5.30. The summed E-state index contributed by atoms with van der Waals surface area (Å²) in [5, 5.41) is 9.46. The minimum Gasteiger partial charge on any atom is -0.383 e. The zero-order chi connectivity index (χ0) is 13.2. The molecule has 5 nitrogen and oxygen atoms in total. The van der Waals surface area contributed by atoms with Gasteiger partial charge < -0.3 is 20.7 Å². The van der Waals surface area contributed by atoms with Crippen LogP contribution in [0.2, 0.25) is 0 Å². The van der Waals surface area contributed by atoms with Crippen LogP contribution in [0.15, 0.2) is 29.3 Å². The Morgan fingerprint density at radius 3 is 2.47 bits per heavy atom. The van der Waals surface area contributed by atoms with Crippen LogP contribution in [-0.2, 0) is 11.3 Å². The Hall–Kier alpha value is -1.02. The number of hydrogen-bond acceptors (Lipinski definition) is 3. The number of ether oxygens (including phenoxy) is 1. The van der Waals surface area contributed by atoms with Gasteiger partial charge in [-0.3, -0.25) is 4.99 Å². The maximum atomic E-state index is 4.98. The predicted molar refractivity (Wildman–Crippen MR) is 91.5 cm³/mol. The van der Waals surface area contributed by atoms with Crippen LogP contribution in [0.4, 0.5) is 5.69 Å². The lowest BCUT2D eigenvalue weighted by Gasteiger charge is -2.10. The van der Waals surface area contributed by atoms with E-state index >= 15 is 0 Å². The molecule has 0 aromatic heterocycles. The van der Waals surface area contributed by atoms with Gasteiger partial charge >= 0.3 is 0 Å². The maximum Gasteiger partial charge on any atom is 0.190 e. The molecule has 0 spiro atoms. The minimum absolute atomic E-state index is 0. The van der Waals surface area contributed by atoms with Crippen molar-refractivity contribution in [3.05, 3.63) is 29.8 Å². The lowest BCUT2D eigenvalue weighted by atomic mass is 10.2. The quantitative estimate of drug-likeness (QED) is 0.305. The van der Waals surface area contributed by atoms with Gasteiger partial charge in [-0.2, -0.15) is 0 Å². The maximum absolute atomic E-state index is 4.98. The highest BCUT2D eigenvalue weighted by atomic mass is 127. The SMILES string of the molecule is CN=C(NC)NCc1ccc(NCCOC)cc1.I. The number of guanidine groups is 1. The Kier molecular flexibility index (Phi) is 10.3. The van der Waals surface area contributed by atoms with Gasteiger partial charge in [-0.1, -0.05) is 12.1 Å². The summed E-state index contributed by atoms with van der Waals surface area (Å²) in [5.41, 5.74) is 2.32. The summed E-state index contributed by atoms with van der Waals surface area (Å²) in [6.45, 7) is 2.29. The Morgan fingerprint density at radius 1 is 1.26 bits per heavy atom. The second-order valence-corrected chi connectivity index (χ2v) is 3.79. The van der Waals surface area contributed by atoms with E-state index in [1.165, 1.54) is 5.56 Å². The molecule has 0 heterocycles. The van der Waals surface area contributed by atoms with Gasteiger partial charge in [0, 0.05) is 40.0 Å². The second kappa shape index (κ2) is 10.9. The average Bonchev–Trinajstić information content (AvgIpc) is 2.42. The molecule has 0 aliphatic carbocycles. The third kappa shape index (κ3) is 7.22. The molecule has 0 aliphatic heterocycles. The summed E-state index contributed by atoms with van der Waals surface area (Å²) in [6, 6.07) is 8.31. The fourth-order valence-electron chi connectivity index (χ4n) is 1.50. The first-order valence-electron chi connectivity index (χ1n) is 6.00. The fraction of sp³-hybridized carbons (Fsp3) is 0.462. The average molecular weight is 378 g/mol. The van der Waals surface area contributed by atoms with Crippen LogP contribution in [-0.4, -0.2) is 40.3 Å². The van der Waals surface area contributed by atoms with E-state index in [-0.39, 0.29) is 24.0 Å². The van der Waals surface area contributed by atoms with Crippen LogP contribution in [0.3, 0.4) is 0 Å². The van der Waals surface area contributed by atoms with Crippen LogP contribution in [0.5, 0.6) is 0 Å². The summed E-state index contributed by atoms with van der Waals surface area (Å²) in [6.07, 6.45) is 0. The molecule has 0 saturated heterocycles. The lowest BCUT2D eigenvalue weighted by Crippen LogP contribution is -2.34. The molecule has 0 saturated carbocycles. The number of nitrogens with one attached hydrogen (secondary N) is 3. The van der Waals surface area contributed by atoms with Crippen molar-refractivity contribution in [2.45, 2.75) is 6.54 Å². The predicted octanol–water partition coefficient (Wildman–Crippen LogP) is 1.66. The minimum atomic E-state index is 0. The van der Waals surface area contributed by atoms with Gasteiger partial charge in [-0.05, 0) is 17.7 Å². The van der Waals surface area contributed by atoms with Crippen molar-refractivity contribution in [1.82, 2.24) is 10.6 Å². The molecule has 108 valence electrons. The summed E-state index contributed by atoms with van der Waals surface area (Å²) in [4.78, 5) is 4.06. The Labute approximate surface area is 132 Å². The van der Waals surface area contributed by atoms with Gasteiger partial charge in [0.15, 0.2) is 5.96 Å². The van der Waals surface area contributed by atoms with E-state index in [1.54, 1.807) is 14.2 Å². The number of nitrogens with zero attached hydrogens (tertiary/aromatic N) is 1. The van der Waals surface area contributed by atoms with Gasteiger partial charge in [-0.25, -0.2) is 0 Å². The first-order valence-corrected chi connectivity index (χ1v) is 6.00. The topological polar surface area (TPSA) is 57.7 Å². The molecule has 0 bridgehead atoms. The van der Waals surface area contributed by atoms with Crippen LogP contribution in [0, 0.1) is 0 Å². The standard InChI is InChI=1S/C13H22N4O.HI/c1-14-13(15-2)17-10-11-4-6-12(7-5-11)16-8-9-18-3;/h4-7,16H,8-10H2,1-3H3,(H2,14,15,17);1H. The Bertz CT molecular complexity index is 367. The van der Waals surface area contributed by atoms with Crippen LogP contribution >= 0.6 is 24.0 Å². The number of halogens is 1. The molecule has 0 amide bonds. The molecule has 19 heavy (non-hydrogen) atoms. The van der Waals surface area contributed by atoms with Crippen LogP contribution in [0.1, 0.15) is 5.56 Å². The molecular formula is C13H23IN4O. The first kappa shape index (κ1) is 18.0. The number of hydrogen-bond donors (Lipinski definition) is 3. The summed E-state index contributed by atoms with van der Waals surface area (Å²) >= 11 is 0. The van der Waals surface area contributed by atoms with Gasteiger partial charge in [0.2, 0.25) is 0 Å². The zero-order valence-electron chi connectivity index (χ0n) is 11.7. The number of benzene rings is 1. The molecule has 1 aromatic rings. The summed E-state index contributed by atoms with van der Waals surface area (Å²) < 4.78 is 4.98. The van der Waals surface area contributed by atoms with Crippen molar-refractivity contribution in [3.63, 3.8) is 0 Å². The third-order valence-corrected chi connectivity index (χ3v) is 2.51. The van der Waals surface area contributed by atoms with Crippen LogP contribution < -0.4 is 16.0 Å². The molecule has 0 atom stereocenters. The molecule has 0 aliphatic rings. The molecule has 3 N–H and O–H groups in total. The molecule has 0 unspecified atom stereocenters. The molecule has 6 heteroatoms. The van der Waals surface area contributed by atoms with E-state index in [1.807, 2.05) is 7.05 Å². The first-order chi connectivity index (χ1) is 8.80. The van der Waals surface area contributed by atoms with Gasteiger partial charge in [0.05, 0.1) is 6.61 Å². The van der Waals surface area contributed by atoms with E-state index < -0.39 is 0 Å². The fourth-order valence-corrected chi connectivity index (χ4v) is 1.50. The van der Waals surface area contributed by atoms with Crippen molar-refractivity contribution in [3.8, 4) is 0 Å². The Balaban J connectivity index is 0.00000324. The van der Waals surface area contributed by atoms with Crippen molar-refractivity contribution in [2.75, 3.05) is 39.7 Å². The lowest BCUT2D eigenvalue weighted by molar-refractivity contribution is 0.211. The molecular weight excluding hydrogens is 355 g/mol. The molecule has 0 fully saturated rings. The van der Waals surface area contributed by atoms with Crippen molar-refractivity contribution < 1.29 is 4.74 Å². The van der Waals surface area contributed by atoms with Gasteiger partial charge in [0.1, 0.15) is 0 Å². The van der Waals surface area contributed by atoms with E-state index in [0.29, 0.717) is 6.61 Å². The van der Waals surface area contributed by atoms with Crippen molar-refractivity contribution in [2.24, 2.45) is 4.99 Å². The van der Waals surface area contributed by atoms with Crippen molar-refractivity contribution in [1.29, 1.82) is 0 Å². The monoisotopic (exact) mass is 378 g/mol. The number of rotatable bonds is 6. The van der Waals surface area contributed by atoms with Crippen molar-refractivity contribution >= 4 is 35.6 Å². The smallest absolute Gasteiger partial charge is 0.190 e. The second-order valence-electron chi connectivity index (χ2n) is 3.79. The van der Waals surface area contributed by atoms with Crippen LogP contribution in [0.25, 0.3) is 0 Å². The normalized spacial score (nSPS) is 10.6. The largest absolute Gasteiger partial charge is 0.383 e. The van der Waals surface area contributed by atoms with E-state index in [2.05, 4.69) is 45.2 Å². The highest BCUT2D eigenvalue weighted by molar-refractivity contribution is 14.0. The van der Waals surface area contributed by atoms with Gasteiger partial charge in [0.25, 0.3) is 0 Å².